The van der Waals surface area contributed by atoms with E-state index in [0.29, 0.717) is 54.3 Å². The number of nitrogens with zero attached hydrogens (tertiary/aromatic N) is 3. The Bertz CT molecular complexity index is 1480. The van der Waals surface area contributed by atoms with Gasteiger partial charge in [-0.2, -0.15) is 13.2 Å². The standard InChI is InChI=1S/C24H25N5O4.C2HF3O2/c1-13-12-29(7-9-32-13)24(31)19-10-16-21(14(2)27-19)26-11-17(23(25)30)22(16)28-18-4-3-5-20-15(18)6-8-33-20;3-2(4,5)1(6)7/h3-5,10-11,13H,6-9,12H2,1-2H3,(H2,25,30)(H,26,28);(H,6,7). The molecule has 0 bridgehead atoms. The van der Waals surface area contributed by atoms with E-state index in [1.807, 2.05) is 25.1 Å². The van der Waals surface area contributed by atoms with Crippen LogP contribution in [0.3, 0.4) is 0 Å². The molecule has 1 aromatic carbocycles. The smallest absolute Gasteiger partial charge is 0.490 e. The summed E-state index contributed by atoms with van der Waals surface area (Å²) in [5.74, 6) is -2.73. The number of hydrogen-bond donors (Lipinski definition) is 3. The Hall–Kier alpha value is -4.46. The van der Waals surface area contributed by atoms with E-state index in [1.165, 1.54) is 6.20 Å². The number of fused-ring (bicyclic) bond motifs is 2. The maximum Gasteiger partial charge on any atom is 0.490 e. The molecule has 2 aliphatic heterocycles. The Morgan fingerprint density at radius 2 is 1.95 bits per heavy atom. The number of halogens is 3. The third kappa shape index (κ3) is 6.06. The lowest BCUT2D eigenvalue weighted by molar-refractivity contribution is -0.192. The third-order valence-electron chi connectivity index (χ3n) is 6.29. The van der Waals surface area contributed by atoms with Gasteiger partial charge in [0.15, 0.2) is 0 Å². The summed E-state index contributed by atoms with van der Waals surface area (Å²) in [6.07, 6.45) is -2.91. The van der Waals surface area contributed by atoms with E-state index in [-0.39, 0.29) is 17.6 Å². The molecule has 2 aliphatic rings. The number of nitrogens with two attached hydrogens (primary N) is 1. The molecule has 212 valence electrons. The van der Waals surface area contributed by atoms with Gasteiger partial charge in [0.05, 0.1) is 41.8 Å². The van der Waals surface area contributed by atoms with E-state index < -0.39 is 18.1 Å². The summed E-state index contributed by atoms with van der Waals surface area (Å²) in [6, 6.07) is 7.43. The summed E-state index contributed by atoms with van der Waals surface area (Å²) in [6.45, 7) is 5.83. The fraction of sp³-hybridized carbons (Fsp3) is 0.346. The minimum Gasteiger partial charge on any atom is -0.493 e. The van der Waals surface area contributed by atoms with Crippen molar-refractivity contribution in [1.29, 1.82) is 0 Å². The molecule has 0 radical (unpaired) electrons. The number of alkyl halides is 3. The zero-order chi connectivity index (χ0) is 29.2. The highest BCUT2D eigenvalue weighted by atomic mass is 19.4. The Morgan fingerprint density at radius 3 is 2.60 bits per heavy atom. The van der Waals surface area contributed by atoms with Crippen LogP contribution in [0, 0.1) is 6.92 Å². The molecule has 2 aromatic heterocycles. The molecular formula is C26H26F3N5O6. The molecule has 4 heterocycles. The lowest BCUT2D eigenvalue weighted by Gasteiger charge is -2.31. The van der Waals surface area contributed by atoms with E-state index in [9.17, 15) is 22.8 Å². The van der Waals surface area contributed by atoms with Crippen molar-refractivity contribution in [2.24, 2.45) is 5.73 Å². The number of carboxylic acid groups (broad SMARTS) is 1. The molecule has 3 aromatic rings. The van der Waals surface area contributed by atoms with Crippen LogP contribution in [0.1, 0.15) is 39.0 Å². The van der Waals surface area contributed by atoms with Gasteiger partial charge < -0.3 is 30.5 Å². The van der Waals surface area contributed by atoms with Gasteiger partial charge in [0.1, 0.15) is 11.4 Å². The molecule has 40 heavy (non-hydrogen) atoms. The molecule has 2 amide bonds. The molecule has 0 spiro atoms. The summed E-state index contributed by atoms with van der Waals surface area (Å²) < 4.78 is 43.0. The van der Waals surface area contributed by atoms with Crippen molar-refractivity contribution in [3.05, 3.63) is 53.0 Å². The number of hydrogen-bond acceptors (Lipinski definition) is 8. The molecule has 1 fully saturated rings. The number of anilines is 2. The van der Waals surface area contributed by atoms with Crippen LogP contribution in [0.4, 0.5) is 24.5 Å². The third-order valence-corrected chi connectivity index (χ3v) is 6.29. The van der Waals surface area contributed by atoms with Crippen LogP contribution in [0.15, 0.2) is 30.5 Å². The molecule has 0 saturated carbocycles. The molecule has 0 aliphatic carbocycles. The minimum absolute atomic E-state index is 0.0352. The average Bonchev–Trinajstić information content (AvgIpc) is 3.38. The van der Waals surface area contributed by atoms with E-state index in [0.717, 1.165) is 23.4 Å². The molecule has 4 N–H and O–H groups in total. The molecule has 14 heteroatoms. The van der Waals surface area contributed by atoms with Crippen molar-refractivity contribution in [2.75, 3.05) is 31.6 Å². The fourth-order valence-electron chi connectivity index (χ4n) is 4.43. The van der Waals surface area contributed by atoms with Crippen LogP contribution >= 0.6 is 0 Å². The Morgan fingerprint density at radius 1 is 1.23 bits per heavy atom. The van der Waals surface area contributed by atoms with Crippen LogP contribution < -0.4 is 15.8 Å². The first-order chi connectivity index (χ1) is 18.9. The second-order valence-electron chi connectivity index (χ2n) is 9.14. The number of morpholine rings is 1. The minimum atomic E-state index is -5.08. The molecule has 11 nitrogen and oxygen atoms in total. The highest BCUT2D eigenvalue weighted by Crippen LogP contribution is 2.36. The zero-order valence-electron chi connectivity index (χ0n) is 21.5. The van der Waals surface area contributed by atoms with Crippen molar-refractivity contribution in [3.63, 3.8) is 0 Å². The van der Waals surface area contributed by atoms with Gasteiger partial charge in [-0.05, 0) is 32.0 Å². The molecular weight excluding hydrogens is 535 g/mol. The molecule has 1 atom stereocenters. The first-order valence-electron chi connectivity index (χ1n) is 12.2. The number of amides is 2. The number of aryl methyl sites for hydroxylation is 1. The number of rotatable bonds is 4. The highest BCUT2D eigenvalue weighted by Gasteiger charge is 2.38. The van der Waals surface area contributed by atoms with Crippen molar-refractivity contribution in [2.45, 2.75) is 32.5 Å². The van der Waals surface area contributed by atoms with Gasteiger partial charge in [-0.15, -0.1) is 0 Å². The van der Waals surface area contributed by atoms with Crippen molar-refractivity contribution in [1.82, 2.24) is 14.9 Å². The lowest BCUT2D eigenvalue weighted by atomic mass is 10.0. The van der Waals surface area contributed by atoms with E-state index in [2.05, 4.69) is 15.3 Å². The number of primary amides is 1. The van der Waals surface area contributed by atoms with Crippen LogP contribution in [0.25, 0.3) is 10.9 Å². The monoisotopic (exact) mass is 561 g/mol. The van der Waals surface area contributed by atoms with Crippen molar-refractivity contribution in [3.8, 4) is 5.75 Å². The summed E-state index contributed by atoms with van der Waals surface area (Å²) in [5, 5.41) is 11.1. The topological polar surface area (TPSA) is 157 Å². The van der Waals surface area contributed by atoms with Crippen LogP contribution in [-0.4, -0.2) is 76.3 Å². The normalized spacial score (nSPS) is 16.4. The number of carboxylic acids is 1. The van der Waals surface area contributed by atoms with Gasteiger partial charge in [-0.1, -0.05) is 6.07 Å². The van der Waals surface area contributed by atoms with Gasteiger partial charge in [0.25, 0.3) is 11.8 Å². The highest BCUT2D eigenvalue weighted by molar-refractivity contribution is 6.09. The Labute approximate surface area is 226 Å². The molecule has 5 rings (SSSR count). The number of ether oxygens (including phenoxy) is 2. The van der Waals surface area contributed by atoms with Crippen LogP contribution in [0.2, 0.25) is 0 Å². The predicted octanol–water partition coefficient (Wildman–Crippen LogP) is 3.21. The zero-order valence-corrected chi connectivity index (χ0v) is 21.5. The molecule has 1 unspecified atom stereocenters. The first kappa shape index (κ1) is 28.5. The quantitative estimate of drug-likeness (QED) is 0.435. The van der Waals surface area contributed by atoms with Gasteiger partial charge >= 0.3 is 12.1 Å². The van der Waals surface area contributed by atoms with Crippen molar-refractivity contribution < 1.29 is 42.1 Å². The number of pyridine rings is 2. The number of nitrogens with one attached hydrogen (secondary N) is 1. The van der Waals surface area contributed by atoms with Gasteiger partial charge in [-0.3, -0.25) is 14.6 Å². The predicted molar refractivity (Wildman–Crippen MR) is 137 cm³/mol. The van der Waals surface area contributed by atoms with Crippen LogP contribution in [0.5, 0.6) is 5.75 Å². The summed E-state index contributed by atoms with van der Waals surface area (Å²) in [4.78, 5) is 45.1. The fourth-order valence-corrected chi connectivity index (χ4v) is 4.43. The van der Waals surface area contributed by atoms with Crippen LogP contribution in [-0.2, 0) is 16.0 Å². The number of carbonyl (C=O) groups excluding carboxylic acids is 2. The number of aromatic nitrogens is 2. The molecule has 1 saturated heterocycles. The average molecular weight is 562 g/mol. The van der Waals surface area contributed by atoms with E-state index in [1.54, 1.807) is 17.9 Å². The largest absolute Gasteiger partial charge is 0.493 e. The Balaban J connectivity index is 0.000000470. The van der Waals surface area contributed by atoms with Gasteiger partial charge in [-0.25, -0.2) is 9.78 Å². The number of carbonyl (C=O) groups is 3. The second-order valence-corrected chi connectivity index (χ2v) is 9.14. The maximum atomic E-state index is 13.2. The second kappa shape index (κ2) is 11.3. The van der Waals surface area contributed by atoms with Gasteiger partial charge in [0.2, 0.25) is 0 Å². The van der Waals surface area contributed by atoms with Gasteiger partial charge in [0, 0.05) is 42.3 Å². The number of aliphatic carboxylic acids is 1. The van der Waals surface area contributed by atoms with E-state index >= 15 is 0 Å². The lowest BCUT2D eigenvalue weighted by Crippen LogP contribution is -2.44. The SMILES string of the molecule is Cc1nc(C(=O)N2CCOC(C)C2)cc2c(Nc3cccc4c3CCO4)c(C(N)=O)cnc12.O=C(O)C(F)(F)F. The van der Waals surface area contributed by atoms with Crippen molar-refractivity contribution >= 4 is 40.1 Å². The maximum absolute atomic E-state index is 13.2. The summed E-state index contributed by atoms with van der Waals surface area (Å²) in [5.41, 5.74) is 9.77. The summed E-state index contributed by atoms with van der Waals surface area (Å²) in [7, 11) is 0. The number of benzene rings is 1. The van der Waals surface area contributed by atoms with E-state index in [4.69, 9.17) is 25.1 Å². The first-order valence-corrected chi connectivity index (χ1v) is 12.2. The Kier molecular flexibility index (Phi) is 8.09. The summed E-state index contributed by atoms with van der Waals surface area (Å²) >= 11 is 0.